The number of hydrogen-bond donors (Lipinski definition) is 1. The van der Waals surface area contributed by atoms with E-state index in [-0.39, 0.29) is 0 Å². The van der Waals surface area contributed by atoms with Gasteiger partial charge in [-0.3, -0.25) is 0 Å². The second kappa shape index (κ2) is 11.5. The van der Waals surface area contributed by atoms with E-state index in [9.17, 15) is 17.3 Å². The Kier molecular flexibility index (Phi) is 13.4. The van der Waals surface area contributed by atoms with Gasteiger partial charge >= 0.3 is 25.3 Å². The number of carbonyl (C=O) groups excluding carboxylic acids is 1. The lowest BCUT2D eigenvalue weighted by Crippen LogP contribution is -2.26. The molecule has 3 nitrogen and oxygen atoms in total. The zero-order valence-electron chi connectivity index (χ0n) is 9.58. The fourth-order valence-electron chi connectivity index (χ4n) is 0.491. The van der Waals surface area contributed by atoms with Gasteiger partial charge in [-0.2, -0.15) is 3.71 Å². The van der Waals surface area contributed by atoms with Crippen LogP contribution in [0.5, 0.6) is 0 Å². The van der Waals surface area contributed by atoms with Gasteiger partial charge in [0.25, 0.3) is 0 Å². The predicted molar refractivity (Wildman–Crippen MR) is 74.6 cm³/mol. The number of amides is 2. The van der Waals surface area contributed by atoms with Crippen LogP contribution in [0, 0.1) is 0 Å². The minimum atomic E-state index is -6.00. The molecule has 0 fully saturated rings. The molecule has 0 aliphatic heterocycles. The van der Waals surface area contributed by atoms with E-state index in [0.717, 1.165) is 6.03 Å². The van der Waals surface area contributed by atoms with E-state index < -0.39 is 7.25 Å². The molecule has 0 spiro atoms. The molecule has 0 bridgehead atoms. The van der Waals surface area contributed by atoms with Crippen molar-refractivity contribution in [3.05, 3.63) is 0 Å². The molecule has 0 atom stereocenters. The smallest absolute Gasteiger partial charge is 0.418 e. The molecule has 0 saturated carbocycles. The minimum absolute atomic E-state index is 0.759. The topological polar surface area (TPSA) is 26.6 Å². The largest absolute Gasteiger partial charge is 0.673 e. The highest BCUT2D eigenvalue weighted by Gasteiger charge is 2.21. The molecule has 0 aromatic heterocycles. The van der Waals surface area contributed by atoms with Crippen LogP contribution in [0.1, 0.15) is 0 Å². The Labute approximate surface area is 116 Å². The van der Waals surface area contributed by atoms with E-state index in [1.54, 1.807) is 23.9 Å². The van der Waals surface area contributed by atoms with Crippen LogP contribution >= 0.6 is 47.9 Å². The normalized spacial score (nSPS) is 11.6. The lowest BCUT2D eigenvalue weighted by molar-refractivity contribution is 0.113. The first-order valence-corrected chi connectivity index (χ1v) is 8.66. The third-order valence-corrected chi connectivity index (χ3v) is 3.44. The molecular weight excluding hydrogens is 319 g/mol. The van der Waals surface area contributed by atoms with Crippen molar-refractivity contribution in [1.29, 1.82) is 0 Å². The van der Waals surface area contributed by atoms with Gasteiger partial charge in [0, 0.05) is 18.8 Å². The molecule has 0 radical (unpaired) electrons. The predicted octanol–water partition coefficient (Wildman–Crippen LogP) is 3.95. The molecule has 1 N–H and O–H groups in total. The zero-order valence-corrected chi connectivity index (χ0v) is 12.8. The monoisotopic (exact) mass is 332 g/mol. The van der Waals surface area contributed by atoms with Crippen molar-refractivity contribution < 1.29 is 21.1 Å². The number of nitrogens with one attached hydrogen (secondary N) is 1. The van der Waals surface area contributed by atoms with Crippen molar-refractivity contribution in [3.63, 3.8) is 0 Å². The molecule has 0 rings (SSSR count). The molecule has 0 heterocycles. The lowest BCUT2D eigenvalue weighted by atomic mass is 10.3. The maximum absolute atomic E-state index is 9.75. The molecule has 17 heavy (non-hydrogen) atoms. The summed E-state index contributed by atoms with van der Waals surface area (Å²) in [6.07, 6.45) is 7.85. The van der Waals surface area contributed by atoms with Gasteiger partial charge in [-0.1, -0.05) is 0 Å². The van der Waals surface area contributed by atoms with Crippen LogP contribution in [0.4, 0.5) is 21.1 Å². The molecule has 12 heteroatoms. The summed E-state index contributed by atoms with van der Waals surface area (Å²) in [5.74, 6) is 0. The van der Waals surface area contributed by atoms with Crippen molar-refractivity contribution >= 4 is 61.2 Å². The van der Waals surface area contributed by atoms with Crippen LogP contribution in [0.15, 0.2) is 0 Å². The molecule has 0 unspecified atom stereocenters. The maximum Gasteiger partial charge on any atom is 0.673 e. The van der Waals surface area contributed by atoms with E-state index in [1.807, 2.05) is 28.7 Å². The van der Waals surface area contributed by atoms with E-state index in [4.69, 9.17) is 3.87 Å². The molecule has 0 aliphatic rings. The Morgan fingerprint density at radius 3 is 1.71 bits per heavy atom. The van der Waals surface area contributed by atoms with Crippen molar-refractivity contribution in [2.24, 2.45) is 0 Å². The fourth-order valence-corrected chi connectivity index (χ4v) is 2.43. The molecular formula is C5H13BF4N2OS4. The van der Waals surface area contributed by atoms with Crippen molar-refractivity contribution in [2.45, 2.75) is 0 Å². The van der Waals surface area contributed by atoms with Gasteiger partial charge in [0.2, 0.25) is 0 Å². The van der Waals surface area contributed by atoms with Crippen LogP contribution in [0.3, 0.4) is 0 Å². The van der Waals surface area contributed by atoms with Gasteiger partial charge < -0.3 is 17.3 Å². The Morgan fingerprint density at radius 2 is 1.47 bits per heavy atom. The van der Waals surface area contributed by atoms with Crippen LogP contribution in [0.2, 0.25) is 0 Å². The average Bonchev–Trinajstić information content (AvgIpc) is 2.17. The first-order valence-electron chi connectivity index (χ1n) is 3.92. The summed E-state index contributed by atoms with van der Waals surface area (Å²) in [6, 6.07) is 0.759. The number of nitrogens with zero attached hydrogens (tertiary/aromatic N) is 1. The van der Waals surface area contributed by atoms with E-state index in [0.29, 0.717) is 0 Å². The summed E-state index contributed by atoms with van der Waals surface area (Å²) in [5.41, 5.74) is 0. The first-order chi connectivity index (χ1) is 7.79. The van der Waals surface area contributed by atoms with E-state index >= 15 is 0 Å². The SMILES string of the molecule is CSNC(=[O+]SC)N(SC)SC.F[B-](F)(F)F. The Balaban J connectivity index is 0. The van der Waals surface area contributed by atoms with Crippen LogP contribution in [-0.2, 0) is 0 Å². The third-order valence-electron chi connectivity index (χ3n) is 0.849. The van der Waals surface area contributed by atoms with Gasteiger partial charge in [-0.25, -0.2) is 4.72 Å². The molecule has 0 aliphatic carbocycles. The Morgan fingerprint density at radius 1 is 1.06 bits per heavy atom. The fraction of sp³-hybridized carbons (Fsp3) is 0.800. The summed E-state index contributed by atoms with van der Waals surface area (Å²) >= 11 is 6.05. The van der Waals surface area contributed by atoms with E-state index in [2.05, 4.69) is 4.72 Å². The number of hydrogen-bond acceptors (Lipinski definition) is 4. The summed E-state index contributed by atoms with van der Waals surface area (Å²) in [7, 11) is -6.00. The van der Waals surface area contributed by atoms with Crippen LogP contribution in [-0.4, -0.2) is 42.0 Å². The molecule has 0 aromatic carbocycles. The van der Waals surface area contributed by atoms with Crippen molar-refractivity contribution in [1.82, 2.24) is 8.43 Å². The lowest BCUT2D eigenvalue weighted by Gasteiger charge is -2.09. The van der Waals surface area contributed by atoms with Gasteiger partial charge in [-0.05, 0) is 35.8 Å². The second-order valence-electron chi connectivity index (χ2n) is 1.98. The second-order valence-corrected chi connectivity index (χ2v) is 4.78. The minimum Gasteiger partial charge on any atom is -0.418 e. The average molecular weight is 332 g/mol. The molecule has 104 valence electrons. The zero-order chi connectivity index (χ0) is 13.9. The first kappa shape index (κ1) is 19.8. The van der Waals surface area contributed by atoms with Gasteiger partial charge in [-0.15, -0.1) is 3.87 Å². The third kappa shape index (κ3) is 16.5. The number of rotatable bonds is 4. The highest BCUT2D eigenvalue weighted by Crippen LogP contribution is 2.20. The quantitative estimate of drug-likeness (QED) is 0.277. The van der Waals surface area contributed by atoms with Crippen LogP contribution < -0.4 is 4.72 Å². The van der Waals surface area contributed by atoms with Crippen molar-refractivity contribution in [2.75, 3.05) is 25.0 Å². The summed E-state index contributed by atoms with van der Waals surface area (Å²) < 4.78 is 49.3. The van der Waals surface area contributed by atoms with Gasteiger partial charge in [0.1, 0.15) is 0 Å². The number of halogens is 4. The Hall–Kier alpha value is 0.455. The maximum atomic E-state index is 9.75. The van der Waals surface area contributed by atoms with Gasteiger partial charge in [0.15, 0.2) is 0 Å². The molecule has 0 aromatic rings. The highest BCUT2D eigenvalue weighted by atomic mass is 32.2. The van der Waals surface area contributed by atoms with Crippen molar-refractivity contribution in [3.8, 4) is 0 Å². The highest BCUT2D eigenvalue weighted by molar-refractivity contribution is 8.12. The molecule has 0 saturated heterocycles. The standard InChI is InChI=1S/C5H13N2OS4.BF4/c1-9-6-5(8-12-4)7(10-2)11-3;2-1(3,4)5/h6H,1-4H3;/q+1;-1. The van der Waals surface area contributed by atoms with Crippen LogP contribution in [0.25, 0.3) is 0 Å². The van der Waals surface area contributed by atoms with E-state index in [1.165, 1.54) is 24.0 Å². The summed E-state index contributed by atoms with van der Waals surface area (Å²) in [5, 5.41) is 0. The summed E-state index contributed by atoms with van der Waals surface area (Å²) in [6.45, 7) is 0. The summed E-state index contributed by atoms with van der Waals surface area (Å²) in [4.78, 5) is 0. The molecule has 2 amide bonds. The van der Waals surface area contributed by atoms with Gasteiger partial charge in [0.05, 0.1) is 6.26 Å². The Bertz CT molecular complexity index is 211. The number of urea groups is 1.